The predicted octanol–water partition coefficient (Wildman–Crippen LogP) is 2.38. The normalized spacial score (nSPS) is 17.9. The standard InChI is InChI=1S/C15H20ClNO2/c16-11-14(10-12-4-2-1-3-5-12)17-15(18)13-6-8-19-9-7-13/h1-5,13-14H,6-11H2,(H,17,18). The number of hydrogen-bond acceptors (Lipinski definition) is 2. The van der Waals surface area contributed by atoms with Crippen LogP contribution >= 0.6 is 11.6 Å². The largest absolute Gasteiger partial charge is 0.381 e. The Labute approximate surface area is 119 Å². The first-order chi connectivity index (χ1) is 9.29. The lowest BCUT2D eigenvalue weighted by atomic mass is 9.98. The van der Waals surface area contributed by atoms with E-state index in [1.165, 1.54) is 5.56 Å². The van der Waals surface area contributed by atoms with Crippen molar-refractivity contribution in [3.8, 4) is 0 Å². The van der Waals surface area contributed by atoms with Gasteiger partial charge in [-0.1, -0.05) is 30.3 Å². The van der Waals surface area contributed by atoms with Crippen LogP contribution in [0.15, 0.2) is 30.3 Å². The first-order valence-electron chi connectivity index (χ1n) is 6.77. The summed E-state index contributed by atoms with van der Waals surface area (Å²) in [6, 6.07) is 10.1. The van der Waals surface area contributed by atoms with Crippen LogP contribution in [0.2, 0.25) is 0 Å². The van der Waals surface area contributed by atoms with Crippen molar-refractivity contribution in [1.29, 1.82) is 0 Å². The lowest BCUT2D eigenvalue weighted by molar-refractivity contribution is -0.128. The van der Waals surface area contributed by atoms with Crippen LogP contribution in [0.3, 0.4) is 0 Å². The molecular weight excluding hydrogens is 262 g/mol. The fourth-order valence-corrected chi connectivity index (χ4v) is 2.51. The maximum Gasteiger partial charge on any atom is 0.223 e. The van der Waals surface area contributed by atoms with E-state index < -0.39 is 0 Å². The number of carbonyl (C=O) groups excluding carboxylic acids is 1. The highest BCUT2D eigenvalue weighted by Gasteiger charge is 2.23. The van der Waals surface area contributed by atoms with Gasteiger partial charge in [0.25, 0.3) is 0 Å². The van der Waals surface area contributed by atoms with Crippen molar-refractivity contribution >= 4 is 17.5 Å². The molecule has 0 aromatic heterocycles. The third-order valence-corrected chi connectivity index (χ3v) is 3.82. The summed E-state index contributed by atoms with van der Waals surface area (Å²) >= 11 is 5.96. The molecule has 0 saturated carbocycles. The molecule has 1 fully saturated rings. The fraction of sp³-hybridized carbons (Fsp3) is 0.533. The van der Waals surface area contributed by atoms with E-state index in [0.29, 0.717) is 19.1 Å². The molecule has 1 aromatic rings. The van der Waals surface area contributed by atoms with Gasteiger partial charge in [-0.15, -0.1) is 11.6 Å². The zero-order valence-corrected chi connectivity index (χ0v) is 11.7. The van der Waals surface area contributed by atoms with Crippen LogP contribution in [-0.2, 0) is 16.0 Å². The zero-order chi connectivity index (χ0) is 13.5. The van der Waals surface area contributed by atoms with Gasteiger partial charge in [0.15, 0.2) is 0 Å². The van der Waals surface area contributed by atoms with Gasteiger partial charge in [-0.3, -0.25) is 4.79 Å². The molecule has 0 spiro atoms. The third kappa shape index (κ3) is 4.51. The van der Waals surface area contributed by atoms with Crippen molar-refractivity contribution in [3.63, 3.8) is 0 Å². The highest BCUT2D eigenvalue weighted by Crippen LogP contribution is 2.15. The predicted molar refractivity (Wildman–Crippen MR) is 76.3 cm³/mol. The number of alkyl halides is 1. The molecule has 1 aromatic carbocycles. The van der Waals surface area contributed by atoms with Crippen LogP contribution in [-0.4, -0.2) is 31.0 Å². The molecule has 1 unspecified atom stereocenters. The molecule has 0 bridgehead atoms. The minimum atomic E-state index is -0.000545. The number of halogens is 1. The molecule has 1 saturated heterocycles. The molecule has 1 atom stereocenters. The number of carbonyl (C=O) groups is 1. The molecule has 0 aliphatic carbocycles. The second kappa shape index (κ2) is 7.51. The maximum absolute atomic E-state index is 12.1. The molecular formula is C15H20ClNO2. The Balaban J connectivity index is 1.86. The van der Waals surface area contributed by atoms with Gasteiger partial charge in [-0.25, -0.2) is 0 Å². The van der Waals surface area contributed by atoms with Gasteiger partial charge in [0.05, 0.1) is 0 Å². The van der Waals surface area contributed by atoms with Crippen molar-refractivity contribution in [2.75, 3.05) is 19.1 Å². The molecule has 3 nitrogen and oxygen atoms in total. The topological polar surface area (TPSA) is 38.3 Å². The Hall–Kier alpha value is -1.06. The summed E-state index contributed by atoms with van der Waals surface area (Å²) < 4.78 is 5.27. The van der Waals surface area contributed by atoms with Gasteiger partial charge >= 0.3 is 0 Å². The van der Waals surface area contributed by atoms with Crippen LogP contribution in [0.1, 0.15) is 18.4 Å². The number of amides is 1. The number of benzene rings is 1. The van der Waals surface area contributed by atoms with Gasteiger partial charge in [0.1, 0.15) is 0 Å². The van der Waals surface area contributed by atoms with Crippen LogP contribution in [0.5, 0.6) is 0 Å². The Bertz CT molecular complexity index is 390. The van der Waals surface area contributed by atoms with E-state index >= 15 is 0 Å². The summed E-state index contributed by atoms with van der Waals surface area (Å²) in [6.07, 6.45) is 2.40. The first kappa shape index (κ1) is 14.4. The maximum atomic E-state index is 12.1. The molecule has 104 valence electrons. The Morgan fingerprint density at radius 3 is 2.63 bits per heavy atom. The average molecular weight is 282 g/mol. The van der Waals surface area contributed by atoms with E-state index in [2.05, 4.69) is 17.4 Å². The van der Waals surface area contributed by atoms with Crippen LogP contribution in [0, 0.1) is 5.92 Å². The zero-order valence-electron chi connectivity index (χ0n) is 11.0. The van der Waals surface area contributed by atoms with Crippen LogP contribution < -0.4 is 5.32 Å². The summed E-state index contributed by atoms with van der Waals surface area (Å²) in [6.45, 7) is 1.37. The minimum absolute atomic E-state index is 0.000545. The fourth-order valence-electron chi connectivity index (χ4n) is 2.32. The van der Waals surface area contributed by atoms with E-state index in [0.717, 1.165) is 19.3 Å². The van der Waals surface area contributed by atoms with E-state index in [1.54, 1.807) is 0 Å². The quantitative estimate of drug-likeness (QED) is 0.842. The van der Waals surface area contributed by atoms with E-state index in [-0.39, 0.29) is 17.9 Å². The van der Waals surface area contributed by atoms with Gasteiger partial charge in [-0.2, -0.15) is 0 Å². The van der Waals surface area contributed by atoms with Gasteiger partial charge in [0, 0.05) is 31.1 Å². The Morgan fingerprint density at radius 2 is 2.00 bits per heavy atom. The van der Waals surface area contributed by atoms with Crippen molar-refractivity contribution in [2.45, 2.75) is 25.3 Å². The summed E-state index contributed by atoms with van der Waals surface area (Å²) in [5.41, 5.74) is 1.19. The Kier molecular flexibility index (Phi) is 5.67. The molecule has 1 aliphatic rings. The number of hydrogen-bond donors (Lipinski definition) is 1. The van der Waals surface area contributed by atoms with E-state index in [1.807, 2.05) is 18.2 Å². The smallest absolute Gasteiger partial charge is 0.223 e. The van der Waals surface area contributed by atoms with Crippen molar-refractivity contribution in [2.24, 2.45) is 5.92 Å². The molecule has 0 radical (unpaired) electrons. The van der Waals surface area contributed by atoms with Crippen LogP contribution in [0.4, 0.5) is 0 Å². The van der Waals surface area contributed by atoms with Gasteiger partial charge < -0.3 is 10.1 Å². The molecule has 1 N–H and O–H groups in total. The Morgan fingerprint density at radius 1 is 1.32 bits per heavy atom. The highest BCUT2D eigenvalue weighted by atomic mass is 35.5. The van der Waals surface area contributed by atoms with E-state index in [9.17, 15) is 4.79 Å². The molecule has 2 rings (SSSR count). The molecule has 1 amide bonds. The number of nitrogens with one attached hydrogen (secondary N) is 1. The lowest BCUT2D eigenvalue weighted by Gasteiger charge is -2.24. The SMILES string of the molecule is O=C(NC(CCl)Cc1ccccc1)C1CCOCC1. The number of ether oxygens (including phenoxy) is 1. The first-order valence-corrected chi connectivity index (χ1v) is 7.31. The average Bonchev–Trinajstić information content (AvgIpc) is 2.48. The summed E-state index contributed by atoms with van der Waals surface area (Å²) in [7, 11) is 0. The third-order valence-electron chi connectivity index (χ3n) is 3.45. The second-order valence-corrected chi connectivity index (χ2v) is 5.24. The van der Waals surface area contributed by atoms with E-state index in [4.69, 9.17) is 16.3 Å². The van der Waals surface area contributed by atoms with Crippen molar-refractivity contribution in [1.82, 2.24) is 5.32 Å². The molecule has 1 heterocycles. The van der Waals surface area contributed by atoms with Crippen molar-refractivity contribution in [3.05, 3.63) is 35.9 Å². The summed E-state index contributed by atoms with van der Waals surface area (Å²) in [5.74, 6) is 0.629. The number of rotatable bonds is 5. The van der Waals surface area contributed by atoms with Gasteiger partial charge in [-0.05, 0) is 24.8 Å². The van der Waals surface area contributed by atoms with Gasteiger partial charge in [0.2, 0.25) is 5.91 Å². The molecule has 19 heavy (non-hydrogen) atoms. The second-order valence-electron chi connectivity index (χ2n) is 4.94. The molecule has 1 aliphatic heterocycles. The van der Waals surface area contributed by atoms with Crippen LogP contribution in [0.25, 0.3) is 0 Å². The lowest BCUT2D eigenvalue weighted by Crippen LogP contribution is -2.42. The highest BCUT2D eigenvalue weighted by molar-refractivity contribution is 6.18. The summed E-state index contributed by atoms with van der Waals surface area (Å²) in [4.78, 5) is 12.1. The molecule has 4 heteroatoms. The minimum Gasteiger partial charge on any atom is -0.381 e. The summed E-state index contributed by atoms with van der Waals surface area (Å²) in [5, 5.41) is 3.06. The monoisotopic (exact) mass is 281 g/mol. The van der Waals surface area contributed by atoms with Crippen molar-refractivity contribution < 1.29 is 9.53 Å².